The number of piperazine rings is 1. The van der Waals surface area contributed by atoms with E-state index in [2.05, 4.69) is 51.0 Å². The molecule has 12 heteroatoms. The van der Waals surface area contributed by atoms with E-state index in [1.165, 1.54) is 18.2 Å². The summed E-state index contributed by atoms with van der Waals surface area (Å²) in [4.78, 5) is 16.3. The maximum atomic E-state index is 13.8. The minimum atomic E-state index is -1.25. The Morgan fingerprint density at radius 2 is 1.83 bits per heavy atom. The fraction of sp³-hybridized carbons (Fsp3) is 0.457. The number of phenols is 1. The number of halogens is 1. The first kappa shape index (κ1) is 31.6. The standard InChI is InChI=1S/C35H42FN7O3Si/c1-35(45)20-41(21-35)32-13-29-33(25(14-37)16-39-34(29)43(32)22-46-9-10-47(2,3)4)23-5-8-31(38-15-23)40-18-27-12-28(19-40)42(27)17-24-11-26(36)6-7-30(24)44/h5-8,11,13,15-16,27-28,44-45H,9-10,12,17-22H2,1-4H3. The maximum Gasteiger partial charge on any atom is 0.144 e. The first-order chi connectivity index (χ1) is 22.4. The van der Waals surface area contributed by atoms with Gasteiger partial charge in [0, 0.05) is 94.0 Å². The molecule has 4 aliphatic heterocycles. The Morgan fingerprint density at radius 1 is 1.06 bits per heavy atom. The summed E-state index contributed by atoms with van der Waals surface area (Å²) >= 11 is 0. The minimum absolute atomic E-state index is 0.126. The van der Waals surface area contributed by atoms with Gasteiger partial charge in [0.1, 0.15) is 41.6 Å². The van der Waals surface area contributed by atoms with Gasteiger partial charge in [0.25, 0.3) is 0 Å². The molecule has 4 aromatic rings. The lowest BCUT2D eigenvalue weighted by molar-refractivity contribution is -0.00921. The van der Waals surface area contributed by atoms with Crippen molar-refractivity contribution >= 4 is 30.7 Å². The Bertz CT molecular complexity index is 1830. The number of piperidine rings is 1. The molecular formula is C35H42FN7O3Si. The van der Waals surface area contributed by atoms with Crippen LogP contribution in [0.25, 0.3) is 22.2 Å². The molecule has 4 saturated heterocycles. The van der Waals surface area contributed by atoms with Crippen LogP contribution in [-0.4, -0.2) is 88.2 Å². The molecule has 2 bridgehead atoms. The number of aliphatic hydroxyl groups is 1. The second kappa shape index (κ2) is 11.9. The van der Waals surface area contributed by atoms with E-state index in [-0.39, 0.29) is 11.6 Å². The van der Waals surface area contributed by atoms with Crippen molar-refractivity contribution in [3.63, 3.8) is 0 Å². The van der Waals surface area contributed by atoms with Crippen molar-refractivity contribution in [1.29, 1.82) is 5.26 Å². The second-order valence-electron chi connectivity index (χ2n) is 14.8. The van der Waals surface area contributed by atoms with Crippen LogP contribution in [0.15, 0.2) is 48.8 Å². The predicted octanol–water partition coefficient (Wildman–Crippen LogP) is 5.16. The van der Waals surface area contributed by atoms with E-state index >= 15 is 0 Å². The molecule has 0 aliphatic carbocycles. The van der Waals surface area contributed by atoms with E-state index in [1.54, 1.807) is 6.20 Å². The van der Waals surface area contributed by atoms with Crippen LogP contribution in [0.3, 0.4) is 0 Å². The summed E-state index contributed by atoms with van der Waals surface area (Å²) in [5, 5.41) is 31.7. The van der Waals surface area contributed by atoms with Crippen LogP contribution in [0.1, 0.15) is 24.5 Å². The molecule has 0 spiro atoms. The average molecular weight is 656 g/mol. The van der Waals surface area contributed by atoms with E-state index in [1.807, 2.05) is 25.3 Å². The molecule has 0 saturated carbocycles. The average Bonchev–Trinajstić information content (AvgIpc) is 3.39. The van der Waals surface area contributed by atoms with Crippen molar-refractivity contribution in [3.05, 3.63) is 65.7 Å². The zero-order chi connectivity index (χ0) is 33.1. The Labute approximate surface area is 275 Å². The topological polar surface area (TPSA) is 114 Å². The van der Waals surface area contributed by atoms with Gasteiger partial charge in [-0.2, -0.15) is 5.26 Å². The third kappa shape index (κ3) is 6.21. The van der Waals surface area contributed by atoms with Crippen LogP contribution >= 0.6 is 0 Å². The molecule has 7 heterocycles. The van der Waals surface area contributed by atoms with Crippen LogP contribution < -0.4 is 9.80 Å². The van der Waals surface area contributed by atoms with Gasteiger partial charge in [0.05, 0.1) is 11.2 Å². The lowest BCUT2D eigenvalue weighted by Crippen LogP contribution is -2.68. The zero-order valence-corrected chi connectivity index (χ0v) is 28.4. The second-order valence-corrected chi connectivity index (χ2v) is 20.4. The smallest absolute Gasteiger partial charge is 0.144 e. The van der Waals surface area contributed by atoms with Gasteiger partial charge in [0.2, 0.25) is 0 Å². The molecule has 4 aliphatic rings. The number of anilines is 2. The van der Waals surface area contributed by atoms with Crippen LogP contribution in [0, 0.1) is 17.1 Å². The summed E-state index contributed by atoms with van der Waals surface area (Å²) in [7, 11) is -1.25. The lowest BCUT2D eigenvalue weighted by atomic mass is 9.86. The number of aromatic hydroxyl groups is 1. The third-order valence-electron chi connectivity index (χ3n) is 9.72. The summed E-state index contributed by atoms with van der Waals surface area (Å²) in [5.74, 6) is 1.57. The van der Waals surface area contributed by atoms with Gasteiger partial charge in [0.15, 0.2) is 0 Å². The summed E-state index contributed by atoms with van der Waals surface area (Å²) in [6.45, 7) is 13.0. The first-order valence-corrected chi connectivity index (χ1v) is 20.0. The Balaban J connectivity index is 1.13. The van der Waals surface area contributed by atoms with Gasteiger partial charge in [-0.25, -0.2) is 14.4 Å². The van der Waals surface area contributed by atoms with Crippen molar-refractivity contribution in [2.45, 2.75) is 70.0 Å². The van der Waals surface area contributed by atoms with Crippen molar-refractivity contribution in [1.82, 2.24) is 19.4 Å². The normalized spacial score (nSPS) is 20.6. The largest absolute Gasteiger partial charge is 0.508 e. The van der Waals surface area contributed by atoms with Crippen LogP contribution in [0.2, 0.25) is 25.7 Å². The number of benzene rings is 1. The number of aromatic nitrogens is 3. The first-order valence-electron chi connectivity index (χ1n) is 16.3. The molecule has 0 radical (unpaired) electrons. The van der Waals surface area contributed by atoms with Crippen molar-refractivity contribution < 1.29 is 19.3 Å². The van der Waals surface area contributed by atoms with E-state index in [0.717, 1.165) is 59.4 Å². The molecule has 246 valence electrons. The number of nitrogens with zero attached hydrogens (tertiary/aromatic N) is 7. The molecule has 0 amide bonds. The number of nitriles is 1. The zero-order valence-electron chi connectivity index (χ0n) is 27.4. The highest BCUT2D eigenvalue weighted by Crippen LogP contribution is 2.40. The highest BCUT2D eigenvalue weighted by Gasteiger charge is 2.45. The van der Waals surface area contributed by atoms with Gasteiger partial charge < -0.3 is 24.7 Å². The molecular weight excluding hydrogens is 614 g/mol. The highest BCUT2D eigenvalue weighted by molar-refractivity contribution is 6.76. The number of β-amino-alcohol motifs (C(OH)–C–C–N with tert-alkyl or cyclic N) is 1. The van der Waals surface area contributed by atoms with Crippen molar-refractivity contribution in [3.8, 4) is 22.9 Å². The molecule has 1 aromatic carbocycles. The molecule has 8 rings (SSSR count). The molecule has 47 heavy (non-hydrogen) atoms. The SMILES string of the molecule is CC1(O)CN(c2cc3c(-c4ccc(N5CC6CC(C5)N6Cc5cc(F)ccc5O)nc4)c(C#N)cnc3n2COCC[Si](C)(C)C)C1. The number of phenolic OH excluding ortho intramolecular Hbond substituents is 1. The lowest BCUT2D eigenvalue weighted by Gasteiger charge is -2.56. The van der Waals surface area contributed by atoms with E-state index in [4.69, 9.17) is 14.7 Å². The summed E-state index contributed by atoms with van der Waals surface area (Å²) in [6.07, 6.45) is 4.53. The minimum Gasteiger partial charge on any atom is -0.508 e. The van der Waals surface area contributed by atoms with E-state index in [9.17, 15) is 19.9 Å². The molecule has 2 atom stereocenters. The maximum absolute atomic E-state index is 13.8. The number of fused-ring (bicyclic) bond motifs is 3. The fourth-order valence-corrected chi connectivity index (χ4v) is 7.93. The summed E-state index contributed by atoms with van der Waals surface area (Å²) < 4.78 is 22.0. The van der Waals surface area contributed by atoms with Gasteiger partial charge in [-0.3, -0.25) is 9.47 Å². The number of hydrogen-bond acceptors (Lipinski definition) is 9. The number of hydrogen-bond donors (Lipinski definition) is 2. The van der Waals surface area contributed by atoms with Gasteiger partial charge >= 0.3 is 0 Å². The van der Waals surface area contributed by atoms with E-state index in [0.29, 0.717) is 56.2 Å². The fourth-order valence-electron chi connectivity index (χ4n) is 7.17. The molecule has 10 nitrogen and oxygen atoms in total. The highest BCUT2D eigenvalue weighted by atomic mass is 28.3. The number of pyridine rings is 2. The van der Waals surface area contributed by atoms with Crippen molar-refractivity contribution in [2.75, 3.05) is 42.6 Å². The van der Waals surface area contributed by atoms with Crippen LogP contribution in [0.5, 0.6) is 5.75 Å². The third-order valence-corrected chi connectivity index (χ3v) is 11.4. The molecule has 4 fully saturated rings. The number of rotatable bonds is 10. The number of ether oxygens (including phenoxy) is 1. The Kier molecular flexibility index (Phi) is 7.99. The summed E-state index contributed by atoms with van der Waals surface area (Å²) in [6, 6.07) is 14.2. The monoisotopic (exact) mass is 655 g/mol. The Morgan fingerprint density at radius 3 is 2.49 bits per heavy atom. The molecule has 2 unspecified atom stereocenters. The van der Waals surface area contributed by atoms with Crippen LogP contribution in [-0.2, 0) is 18.0 Å². The Hall–Kier alpha value is -4.02. The summed E-state index contributed by atoms with van der Waals surface area (Å²) in [5.41, 5.74) is 2.69. The van der Waals surface area contributed by atoms with E-state index < -0.39 is 13.7 Å². The molecule has 2 N–H and O–H groups in total. The quantitative estimate of drug-likeness (QED) is 0.177. The van der Waals surface area contributed by atoms with Crippen molar-refractivity contribution in [2.24, 2.45) is 0 Å². The predicted molar refractivity (Wildman–Crippen MR) is 183 cm³/mol. The van der Waals surface area contributed by atoms with Gasteiger partial charge in [-0.15, -0.1) is 0 Å². The molecule has 3 aromatic heterocycles. The van der Waals surface area contributed by atoms with Gasteiger partial charge in [-0.1, -0.05) is 19.6 Å². The van der Waals surface area contributed by atoms with Crippen LogP contribution in [0.4, 0.5) is 16.0 Å². The van der Waals surface area contributed by atoms with Gasteiger partial charge in [-0.05, 0) is 55.8 Å².